The number of nitrogens with two attached hydrogens (primary N) is 3. The lowest BCUT2D eigenvalue weighted by Gasteiger charge is -2.08. The first-order valence-electron chi connectivity index (χ1n) is 7.10. The molecule has 0 bridgehead atoms. The van der Waals surface area contributed by atoms with Crippen LogP contribution in [-0.4, -0.2) is 18.2 Å². The molecule has 0 saturated heterocycles. The number of carbonyl (C=O) groups is 1. The van der Waals surface area contributed by atoms with Crippen LogP contribution in [0.1, 0.15) is 11.1 Å². The van der Waals surface area contributed by atoms with Crippen LogP contribution in [0.15, 0.2) is 54.9 Å². The number of hydrogen-bond donors (Lipinski definition) is 4. The van der Waals surface area contributed by atoms with Crippen LogP contribution in [0.5, 0.6) is 0 Å². The Bertz CT molecular complexity index is 799. The molecule has 7 nitrogen and oxygen atoms in total. The van der Waals surface area contributed by atoms with Crippen molar-refractivity contribution in [2.24, 2.45) is 11.5 Å². The minimum atomic E-state index is -0.604. The summed E-state index contributed by atoms with van der Waals surface area (Å²) in [4.78, 5) is 15.3. The van der Waals surface area contributed by atoms with Gasteiger partial charge in [0, 0.05) is 23.8 Å². The fourth-order valence-corrected chi connectivity index (χ4v) is 2.03. The van der Waals surface area contributed by atoms with E-state index in [9.17, 15) is 4.79 Å². The van der Waals surface area contributed by atoms with Gasteiger partial charge in [-0.1, -0.05) is 12.1 Å². The number of methoxy groups -OCH3 is 1. The first-order valence-corrected chi connectivity index (χ1v) is 7.10. The Morgan fingerprint density at radius 2 is 2.04 bits per heavy atom. The molecular formula is C17H19N5O2. The Balaban J connectivity index is 2.30. The van der Waals surface area contributed by atoms with E-state index in [1.54, 1.807) is 36.5 Å². The summed E-state index contributed by atoms with van der Waals surface area (Å²) in [5, 5.41) is 2.49. The van der Waals surface area contributed by atoms with Crippen molar-refractivity contribution in [2.75, 3.05) is 18.2 Å². The van der Waals surface area contributed by atoms with E-state index in [1.165, 1.54) is 13.3 Å². The zero-order chi connectivity index (χ0) is 17.5. The zero-order valence-electron chi connectivity index (χ0n) is 13.2. The van der Waals surface area contributed by atoms with Crippen LogP contribution in [0.4, 0.5) is 16.3 Å². The molecule has 0 radical (unpaired) electrons. The van der Waals surface area contributed by atoms with Gasteiger partial charge in [-0.25, -0.2) is 9.78 Å². The molecule has 0 aliphatic carbocycles. The predicted octanol–water partition coefficient (Wildman–Crippen LogP) is 2.14. The lowest BCUT2D eigenvalue weighted by Crippen LogP contribution is -2.12. The molecule has 0 saturated carbocycles. The minimum absolute atomic E-state index is 0.342. The van der Waals surface area contributed by atoms with Crippen molar-refractivity contribution in [1.29, 1.82) is 0 Å². The molecule has 0 atom stereocenters. The molecule has 1 aromatic carbocycles. The van der Waals surface area contributed by atoms with Gasteiger partial charge in [0.1, 0.15) is 5.82 Å². The van der Waals surface area contributed by atoms with Crippen molar-refractivity contribution in [1.82, 2.24) is 4.98 Å². The van der Waals surface area contributed by atoms with Crippen LogP contribution in [-0.2, 0) is 4.74 Å². The molecule has 2 aromatic rings. The number of hydrogen-bond acceptors (Lipinski definition) is 6. The summed E-state index contributed by atoms with van der Waals surface area (Å²) in [6.45, 7) is 0. The van der Waals surface area contributed by atoms with Gasteiger partial charge in [-0.3, -0.25) is 5.32 Å². The number of carbonyl (C=O) groups excluding carboxylic acids is 1. The third-order valence-corrected chi connectivity index (χ3v) is 3.22. The molecule has 0 spiro atoms. The number of nitrogen functional groups attached to an aromatic ring is 1. The van der Waals surface area contributed by atoms with Crippen LogP contribution < -0.4 is 22.5 Å². The summed E-state index contributed by atoms with van der Waals surface area (Å²) >= 11 is 0. The van der Waals surface area contributed by atoms with E-state index in [0.29, 0.717) is 22.8 Å². The van der Waals surface area contributed by atoms with Gasteiger partial charge >= 0.3 is 6.09 Å². The van der Waals surface area contributed by atoms with Crippen LogP contribution in [0.25, 0.3) is 11.3 Å². The zero-order valence-corrected chi connectivity index (χ0v) is 13.2. The molecule has 1 aromatic heterocycles. The maximum atomic E-state index is 11.3. The van der Waals surface area contributed by atoms with E-state index >= 15 is 0 Å². The second kappa shape index (κ2) is 7.68. The molecular weight excluding hydrogens is 306 g/mol. The van der Waals surface area contributed by atoms with Gasteiger partial charge in [0.15, 0.2) is 0 Å². The second-order valence-electron chi connectivity index (χ2n) is 4.89. The highest BCUT2D eigenvalue weighted by molar-refractivity contribution is 5.86. The quantitative estimate of drug-likeness (QED) is 0.503. The van der Waals surface area contributed by atoms with Crippen molar-refractivity contribution in [2.45, 2.75) is 0 Å². The van der Waals surface area contributed by atoms with Gasteiger partial charge in [-0.05, 0) is 47.0 Å². The Labute approximate surface area is 139 Å². The maximum absolute atomic E-state index is 11.3. The number of amides is 1. The lowest BCUT2D eigenvalue weighted by atomic mass is 10.0. The van der Waals surface area contributed by atoms with Crippen molar-refractivity contribution in [3.8, 4) is 0 Å². The molecule has 7 heteroatoms. The molecule has 0 unspecified atom stereocenters. The van der Waals surface area contributed by atoms with Gasteiger partial charge < -0.3 is 21.9 Å². The topological polar surface area (TPSA) is 129 Å². The number of anilines is 2. The van der Waals surface area contributed by atoms with Crippen LogP contribution in [0, 0.1) is 0 Å². The molecule has 0 aliphatic heterocycles. The number of aromatic nitrogens is 1. The lowest BCUT2D eigenvalue weighted by molar-refractivity contribution is 0.187. The number of nitrogens with zero attached hydrogens (tertiary/aromatic N) is 1. The maximum Gasteiger partial charge on any atom is 0.412 e. The highest BCUT2D eigenvalue weighted by Crippen LogP contribution is 2.21. The Kier molecular flexibility index (Phi) is 5.40. The van der Waals surface area contributed by atoms with Crippen molar-refractivity contribution in [3.63, 3.8) is 0 Å². The average molecular weight is 325 g/mol. The Morgan fingerprint density at radius 1 is 1.25 bits per heavy atom. The van der Waals surface area contributed by atoms with E-state index in [4.69, 9.17) is 17.2 Å². The van der Waals surface area contributed by atoms with E-state index < -0.39 is 6.09 Å². The fourth-order valence-electron chi connectivity index (χ4n) is 2.03. The summed E-state index contributed by atoms with van der Waals surface area (Å²) in [5.74, 6) is 0.342. The number of ether oxygens (including phenoxy) is 1. The van der Waals surface area contributed by atoms with E-state index in [0.717, 1.165) is 11.1 Å². The van der Waals surface area contributed by atoms with E-state index in [2.05, 4.69) is 15.0 Å². The Morgan fingerprint density at radius 3 is 2.71 bits per heavy atom. The van der Waals surface area contributed by atoms with Crippen molar-refractivity contribution < 1.29 is 9.53 Å². The SMILES string of the molecule is COC(=O)Nc1cc(C(/C=C(\N)c2cccc(N)c2)=C/N)ccn1. The third kappa shape index (κ3) is 4.26. The highest BCUT2D eigenvalue weighted by atomic mass is 16.5. The van der Waals surface area contributed by atoms with Gasteiger partial charge in [0.2, 0.25) is 0 Å². The molecule has 124 valence electrons. The third-order valence-electron chi connectivity index (χ3n) is 3.22. The van der Waals surface area contributed by atoms with Crippen molar-refractivity contribution in [3.05, 3.63) is 66.0 Å². The van der Waals surface area contributed by atoms with Gasteiger partial charge in [-0.2, -0.15) is 0 Å². The summed E-state index contributed by atoms with van der Waals surface area (Å²) in [5.41, 5.74) is 20.9. The molecule has 1 amide bonds. The van der Waals surface area contributed by atoms with Crippen LogP contribution in [0.3, 0.4) is 0 Å². The van der Waals surface area contributed by atoms with Crippen molar-refractivity contribution >= 4 is 28.9 Å². The molecule has 0 aliphatic rings. The molecule has 2 rings (SSSR count). The smallest absolute Gasteiger partial charge is 0.412 e. The molecule has 0 fully saturated rings. The second-order valence-corrected chi connectivity index (χ2v) is 4.89. The average Bonchev–Trinajstić information content (AvgIpc) is 2.59. The fraction of sp³-hybridized carbons (Fsp3) is 0.0588. The first kappa shape index (κ1) is 16.9. The predicted molar refractivity (Wildman–Crippen MR) is 95.4 cm³/mol. The highest BCUT2D eigenvalue weighted by Gasteiger charge is 2.06. The van der Waals surface area contributed by atoms with Crippen LogP contribution in [0.2, 0.25) is 0 Å². The standard InChI is InChI=1S/C17H19N5O2/c1-24-17(23)22-16-9-11(5-6-21-16)13(10-18)8-15(20)12-3-2-4-14(19)7-12/h2-10H,18-20H2,1H3,(H,21,22,23)/b13-10+,15-8-. The van der Waals surface area contributed by atoms with E-state index in [-0.39, 0.29) is 0 Å². The van der Waals surface area contributed by atoms with Gasteiger partial charge in [0.05, 0.1) is 7.11 Å². The summed E-state index contributed by atoms with van der Waals surface area (Å²) in [6, 6.07) is 10.7. The van der Waals surface area contributed by atoms with Gasteiger partial charge in [0.25, 0.3) is 0 Å². The van der Waals surface area contributed by atoms with Gasteiger partial charge in [-0.15, -0.1) is 0 Å². The summed E-state index contributed by atoms with van der Waals surface area (Å²) in [6.07, 6.45) is 4.10. The minimum Gasteiger partial charge on any atom is -0.453 e. The number of allylic oxidation sites excluding steroid dienone is 2. The molecule has 24 heavy (non-hydrogen) atoms. The largest absolute Gasteiger partial charge is 0.453 e. The Hall–Kier alpha value is -3.48. The number of rotatable bonds is 4. The summed E-state index contributed by atoms with van der Waals surface area (Å²) < 4.78 is 4.54. The van der Waals surface area contributed by atoms with E-state index in [1.807, 2.05) is 12.1 Å². The summed E-state index contributed by atoms with van der Waals surface area (Å²) in [7, 11) is 1.28. The molecule has 1 heterocycles. The van der Waals surface area contributed by atoms with Crippen LogP contribution >= 0.6 is 0 Å². The monoisotopic (exact) mass is 325 g/mol. The molecule has 7 N–H and O–H groups in total. The normalized spacial score (nSPS) is 11.9. The number of nitrogens with one attached hydrogen (secondary N) is 1. The number of benzene rings is 1. The first-order chi connectivity index (χ1) is 11.5. The number of pyridine rings is 1.